The van der Waals surface area contributed by atoms with Gasteiger partial charge in [0.25, 0.3) is 0 Å². The summed E-state index contributed by atoms with van der Waals surface area (Å²) >= 11 is 0. The zero-order chi connectivity index (χ0) is 20.8. The molecule has 2 saturated carbocycles. The number of hydrogen-bond acceptors (Lipinski definition) is 6. The number of allylic oxidation sites excluding steroid dienone is 1. The highest BCUT2D eigenvalue weighted by Crippen LogP contribution is 2.73. The van der Waals surface area contributed by atoms with Gasteiger partial charge >= 0.3 is 10.1 Å². The second-order valence-electron chi connectivity index (χ2n) is 9.15. The van der Waals surface area contributed by atoms with Gasteiger partial charge in [0.05, 0.1) is 17.4 Å². The summed E-state index contributed by atoms with van der Waals surface area (Å²) in [4.78, 5) is 13.8. The first-order valence-corrected chi connectivity index (χ1v) is 11.5. The molecule has 7 heteroatoms. The smallest absolute Gasteiger partial charge is 0.338 e. The monoisotopic (exact) mass is 418 g/mol. The molecule has 6 atom stereocenters. The van der Waals surface area contributed by atoms with Crippen molar-refractivity contribution in [3.63, 3.8) is 0 Å². The molecule has 1 saturated heterocycles. The van der Waals surface area contributed by atoms with Gasteiger partial charge in [-0.25, -0.2) is 0 Å². The molecule has 1 aromatic carbocycles. The van der Waals surface area contributed by atoms with Crippen molar-refractivity contribution in [2.75, 3.05) is 13.7 Å². The molecule has 156 valence electrons. The average Bonchev–Trinajstić information content (AvgIpc) is 3.14. The maximum Gasteiger partial charge on any atom is 0.338 e. The van der Waals surface area contributed by atoms with Crippen molar-refractivity contribution in [1.29, 1.82) is 0 Å². The lowest BCUT2D eigenvalue weighted by molar-refractivity contribution is -0.251. The van der Waals surface area contributed by atoms with Crippen molar-refractivity contribution >= 4 is 15.9 Å². The standard InChI is InChI=1S/C22H26O6S/c1-13-5-8-15(9-6-13)29(24,25)28-18-11-21-14(2)7-10-16(21)17-12-27-22(26-4,19(21)23)20(17,18)3/h5-6,8-9,11,14,16-17H,7,10,12H2,1-4H3/t14-,16-,17-,20-,21+,22+/m0/s1. The fourth-order valence-electron chi connectivity index (χ4n) is 6.44. The number of benzene rings is 1. The Bertz CT molecular complexity index is 1030. The molecule has 1 spiro atoms. The maximum absolute atomic E-state index is 13.7. The summed E-state index contributed by atoms with van der Waals surface area (Å²) in [7, 11) is -2.59. The van der Waals surface area contributed by atoms with Crippen LogP contribution < -0.4 is 0 Å². The van der Waals surface area contributed by atoms with Gasteiger partial charge in [-0.3, -0.25) is 4.79 Å². The number of carbonyl (C=O) groups is 1. The molecule has 6 rings (SSSR count). The number of rotatable bonds is 4. The predicted molar refractivity (Wildman–Crippen MR) is 104 cm³/mol. The van der Waals surface area contributed by atoms with Gasteiger partial charge in [0.1, 0.15) is 10.7 Å². The van der Waals surface area contributed by atoms with Crippen LogP contribution in [0.3, 0.4) is 0 Å². The highest BCUT2D eigenvalue weighted by atomic mass is 32.2. The van der Waals surface area contributed by atoms with Crippen LogP contribution in [-0.2, 0) is 28.6 Å². The first-order valence-electron chi connectivity index (χ1n) is 10.1. The first kappa shape index (κ1) is 19.3. The van der Waals surface area contributed by atoms with E-state index < -0.39 is 26.7 Å². The third kappa shape index (κ3) is 2.04. The lowest BCUT2D eigenvalue weighted by atomic mass is 9.45. The molecule has 3 fully saturated rings. The van der Waals surface area contributed by atoms with Crippen LogP contribution in [0.5, 0.6) is 0 Å². The van der Waals surface area contributed by atoms with Crippen LogP contribution in [0.25, 0.3) is 0 Å². The second-order valence-corrected chi connectivity index (χ2v) is 10.7. The number of methoxy groups -OCH3 is 1. The van der Waals surface area contributed by atoms with Crippen LogP contribution in [0, 0.1) is 35.5 Å². The summed E-state index contributed by atoms with van der Waals surface area (Å²) in [5.74, 6) is -1.14. The molecule has 29 heavy (non-hydrogen) atoms. The fourth-order valence-corrected chi connectivity index (χ4v) is 7.47. The molecule has 0 N–H and O–H groups in total. The lowest BCUT2D eigenvalue weighted by Gasteiger charge is -2.58. The van der Waals surface area contributed by atoms with Gasteiger partial charge in [-0.1, -0.05) is 24.6 Å². The molecule has 0 aromatic heterocycles. The maximum atomic E-state index is 13.7. The van der Waals surface area contributed by atoms with Crippen LogP contribution in [-0.4, -0.2) is 33.7 Å². The molecule has 6 nitrogen and oxygen atoms in total. The summed E-state index contributed by atoms with van der Waals surface area (Å²) in [5, 5.41) is 0. The zero-order valence-electron chi connectivity index (χ0n) is 17.1. The lowest BCUT2D eigenvalue weighted by Crippen LogP contribution is -2.69. The summed E-state index contributed by atoms with van der Waals surface area (Å²) in [5.41, 5.74) is -0.816. The minimum Gasteiger partial charge on any atom is -0.383 e. The topological polar surface area (TPSA) is 78.9 Å². The minimum atomic E-state index is -4.05. The van der Waals surface area contributed by atoms with E-state index in [-0.39, 0.29) is 34.2 Å². The van der Waals surface area contributed by atoms with Gasteiger partial charge in [0, 0.05) is 13.0 Å². The number of carbonyl (C=O) groups excluding carboxylic acids is 1. The Morgan fingerprint density at radius 3 is 2.48 bits per heavy atom. The summed E-state index contributed by atoms with van der Waals surface area (Å²) < 4.78 is 43.7. The molecule has 5 aliphatic rings. The molecular formula is C22H26O6S. The van der Waals surface area contributed by atoms with E-state index in [1.807, 2.05) is 13.8 Å². The van der Waals surface area contributed by atoms with E-state index in [1.165, 1.54) is 19.2 Å². The minimum absolute atomic E-state index is 0.0293. The Labute approximate surface area is 171 Å². The van der Waals surface area contributed by atoms with Crippen molar-refractivity contribution < 1.29 is 26.9 Å². The summed E-state index contributed by atoms with van der Waals surface area (Å²) in [6.07, 6.45) is 3.63. The van der Waals surface area contributed by atoms with Gasteiger partial charge in [-0.05, 0) is 56.7 Å². The van der Waals surface area contributed by atoms with Crippen molar-refractivity contribution in [2.45, 2.75) is 44.3 Å². The van der Waals surface area contributed by atoms with Gasteiger partial charge in [0.15, 0.2) is 0 Å². The Hall–Kier alpha value is -1.70. The van der Waals surface area contributed by atoms with Crippen LogP contribution in [0.15, 0.2) is 41.0 Å². The molecule has 0 amide bonds. The van der Waals surface area contributed by atoms with Gasteiger partial charge in [0.2, 0.25) is 11.6 Å². The van der Waals surface area contributed by atoms with Crippen LogP contribution in [0.4, 0.5) is 0 Å². The van der Waals surface area contributed by atoms with E-state index in [0.29, 0.717) is 6.61 Å². The largest absolute Gasteiger partial charge is 0.383 e. The van der Waals surface area contributed by atoms with E-state index in [2.05, 4.69) is 6.92 Å². The molecule has 4 aliphatic carbocycles. The van der Waals surface area contributed by atoms with Crippen molar-refractivity contribution in [3.8, 4) is 0 Å². The van der Waals surface area contributed by atoms with E-state index in [1.54, 1.807) is 18.2 Å². The van der Waals surface area contributed by atoms with E-state index in [0.717, 1.165) is 18.4 Å². The molecule has 4 bridgehead atoms. The van der Waals surface area contributed by atoms with Crippen molar-refractivity contribution in [2.24, 2.45) is 28.6 Å². The van der Waals surface area contributed by atoms with Crippen LogP contribution in [0.2, 0.25) is 0 Å². The molecular weight excluding hydrogens is 392 g/mol. The summed E-state index contributed by atoms with van der Waals surface area (Å²) in [6.45, 7) is 6.16. The highest BCUT2D eigenvalue weighted by molar-refractivity contribution is 7.86. The fraction of sp³-hybridized carbons (Fsp3) is 0.591. The van der Waals surface area contributed by atoms with Gasteiger partial charge in [-0.15, -0.1) is 0 Å². The Morgan fingerprint density at radius 2 is 1.83 bits per heavy atom. The quantitative estimate of drug-likeness (QED) is 0.699. The molecule has 0 unspecified atom stereocenters. The summed E-state index contributed by atoms with van der Waals surface area (Å²) in [6, 6.07) is 6.55. The number of ketones is 1. The third-order valence-electron chi connectivity index (χ3n) is 8.09. The van der Waals surface area contributed by atoms with Crippen LogP contribution in [0.1, 0.15) is 32.3 Å². The van der Waals surface area contributed by atoms with Crippen molar-refractivity contribution in [1.82, 2.24) is 0 Å². The Morgan fingerprint density at radius 1 is 1.14 bits per heavy atom. The second kappa shape index (κ2) is 5.71. The van der Waals surface area contributed by atoms with E-state index >= 15 is 0 Å². The average molecular weight is 419 g/mol. The zero-order valence-corrected chi connectivity index (χ0v) is 17.9. The number of ether oxygens (including phenoxy) is 2. The Kier molecular flexibility index (Phi) is 3.79. The first-order chi connectivity index (χ1) is 13.6. The predicted octanol–water partition coefficient (Wildman–Crippen LogP) is 3.21. The van der Waals surface area contributed by atoms with E-state index in [9.17, 15) is 13.2 Å². The van der Waals surface area contributed by atoms with E-state index in [4.69, 9.17) is 13.7 Å². The normalized spacial score (nSPS) is 42.7. The highest BCUT2D eigenvalue weighted by Gasteiger charge is 2.82. The number of Topliss-reactive ketones (excluding diaryl/α,β-unsaturated/α-hetero) is 1. The molecule has 0 radical (unpaired) electrons. The SMILES string of the molecule is CO[C@]12OC[C@H]3[C@@H]4CC[C@H](C)[C@@]4(C=C(OS(=O)(=O)c4ccc(C)cc4)[C@]31C)C2=O. The third-order valence-corrected chi connectivity index (χ3v) is 9.34. The molecule has 1 aliphatic heterocycles. The molecule has 1 heterocycles. The van der Waals surface area contributed by atoms with Gasteiger partial charge < -0.3 is 13.7 Å². The van der Waals surface area contributed by atoms with Crippen molar-refractivity contribution in [3.05, 3.63) is 41.7 Å². The Balaban J connectivity index is 1.67. The number of hydrogen-bond donors (Lipinski definition) is 0. The number of aryl methyl sites for hydroxylation is 1. The molecule has 1 aromatic rings. The van der Waals surface area contributed by atoms with Gasteiger partial charge in [-0.2, -0.15) is 8.42 Å². The van der Waals surface area contributed by atoms with Crippen LogP contribution >= 0.6 is 0 Å².